The molecule has 0 aliphatic carbocycles. The third kappa shape index (κ3) is 3.77. The van der Waals surface area contributed by atoms with Crippen LogP contribution < -0.4 is 14.8 Å². The van der Waals surface area contributed by atoms with Crippen LogP contribution in [0.25, 0.3) is 0 Å². The second-order valence-corrected chi connectivity index (χ2v) is 6.74. The van der Waals surface area contributed by atoms with Crippen molar-refractivity contribution in [3.63, 3.8) is 0 Å². The summed E-state index contributed by atoms with van der Waals surface area (Å²) in [5, 5.41) is 7.23. The van der Waals surface area contributed by atoms with Gasteiger partial charge in [-0.3, -0.25) is 4.79 Å². The van der Waals surface area contributed by atoms with E-state index in [0.717, 1.165) is 5.56 Å². The van der Waals surface area contributed by atoms with Crippen LogP contribution in [-0.2, 0) is 16.2 Å². The summed E-state index contributed by atoms with van der Waals surface area (Å²) in [5.41, 5.74) is 1.79. The topological polar surface area (TPSA) is 94.9 Å². The van der Waals surface area contributed by atoms with E-state index in [1.807, 2.05) is 6.92 Å². The maximum Gasteiger partial charge on any atom is 0.274 e. The first kappa shape index (κ1) is 19.7. The van der Waals surface area contributed by atoms with Gasteiger partial charge in [0.15, 0.2) is 5.71 Å². The van der Waals surface area contributed by atoms with Gasteiger partial charge in [-0.25, -0.2) is 9.97 Å². The number of nitrogens with one attached hydrogen (secondary N) is 1. The van der Waals surface area contributed by atoms with E-state index >= 15 is 0 Å². The number of oxime groups is 1. The minimum atomic E-state index is -0.436. The van der Waals surface area contributed by atoms with Gasteiger partial charge in [0.2, 0.25) is 11.8 Å². The summed E-state index contributed by atoms with van der Waals surface area (Å²) in [6.07, 6.45) is 1.33. The molecule has 8 nitrogen and oxygen atoms in total. The van der Waals surface area contributed by atoms with Crippen molar-refractivity contribution in [3.05, 3.63) is 70.5 Å². The zero-order chi connectivity index (χ0) is 21.1. The van der Waals surface area contributed by atoms with Crippen molar-refractivity contribution in [2.45, 2.75) is 13.5 Å². The fourth-order valence-corrected chi connectivity index (χ4v) is 3.09. The number of aromatic nitrogens is 2. The van der Waals surface area contributed by atoms with E-state index < -0.39 is 5.91 Å². The molecule has 0 radical (unpaired) electrons. The van der Waals surface area contributed by atoms with Crippen LogP contribution >= 0.6 is 11.6 Å². The van der Waals surface area contributed by atoms with Crippen LogP contribution in [0.15, 0.2) is 53.9 Å². The number of rotatable bonds is 3. The van der Waals surface area contributed by atoms with Gasteiger partial charge >= 0.3 is 0 Å². The van der Waals surface area contributed by atoms with Gasteiger partial charge in [-0.15, -0.1) is 0 Å². The number of fused-ring (bicyclic) bond motifs is 2. The first-order valence-corrected chi connectivity index (χ1v) is 9.39. The standard InChI is InChI=1S/C21H17ClN4O4/c1-12-15(22)7-5-9-16(12)29-20-14-10-23-19(27)18(26-28-2)13-6-3-4-8-17(13)30-21(14)25-11-24-20/h3-9,11H,10H2,1-2H3,(H,23,27). The lowest BCUT2D eigenvalue weighted by atomic mass is 10.1. The summed E-state index contributed by atoms with van der Waals surface area (Å²) >= 11 is 6.19. The van der Waals surface area contributed by atoms with Gasteiger partial charge in [-0.2, -0.15) is 0 Å². The number of halogens is 1. The lowest BCUT2D eigenvalue weighted by Crippen LogP contribution is -2.31. The Bertz CT molecular complexity index is 1150. The zero-order valence-corrected chi connectivity index (χ0v) is 16.9. The molecule has 152 valence electrons. The van der Waals surface area contributed by atoms with Crippen molar-refractivity contribution in [2.75, 3.05) is 7.11 Å². The largest absolute Gasteiger partial charge is 0.438 e. The smallest absolute Gasteiger partial charge is 0.274 e. The highest BCUT2D eigenvalue weighted by Crippen LogP contribution is 2.35. The van der Waals surface area contributed by atoms with Crippen LogP contribution in [0.4, 0.5) is 0 Å². The van der Waals surface area contributed by atoms with Crippen molar-refractivity contribution in [3.8, 4) is 23.3 Å². The van der Waals surface area contributed by atoms with Gasteiger partial charge in [0.1, 0.15) is 24.9 Å². The SMILES string of the molecule is CON=C1C(=O)NCc2c(ncnc2Oc2cccc(Cl)c2C)Oc2ccccc21. The molecule has 0 saturated carbocycles. The monoisotopic (exact) mass is 424 g/mol. The number of carbonyl (C=O) groups is 1. The predicted molar refractivity (Wildman–Crippen MR) is 110 cm³/mol. The van der Waals surface area contributed by atoms with Crippen molar-refractivity contribution in [1.29, 1.82) is 0 Å². The van der Waals surface area contributed by atoms with Crippen LogP contribution in [0.2, 0.25) is 5.02 Å². The number of ether oxygens (including phenoxy) is 2. The highest BCUT2D eigenvalue weighted by atomic mass is 35.5. The van der Waals surface area contributed by atoms with Gasteiger partial charge in [0.05, 0.1) is 17.7 Å². The molecule has 0 bridgehead atoms. The number of nitrogens with zero attached hydrogens (tertiary/aromatic N) is 3. The van der Waals surface area contributed by atoms with Crippen LogP contribution in [-0.4, -0.2) is 28.7 Å². The average Bonchev–Trinajstić information content (AvgIpc) is 2.80. The number of hydrogen-bond donors (Lipinski definition) is 1. The summed E-state index contributed by atoms with van der Waals surface area (Å²) < 4.78 is 12.0. The van der Waals surface area contributed by atoms with Gasteiger partial charge in [-0.05, 0) is 31.2 Å². The van der Waals surface area contributed by atoms with E-state index in [1.165, 1.54) is 13.4 Å². The van der Waals surface area contributed by atoms with Gasteiger partial charge in [-0.1, -0.05) is 35.0 Å². The Morgan fingerprint density at radius 2 is 2.00 bits per heavy atom. The molecule has 2 heterocycles. The summed E-state index contributed by atoms with van der Waals surface area (Å²) in [6.45, 7) is 1.90. The fourth-order valence-electron chi connectivity index (χ4n) is 2.92. The summed E-state index contributed by atoms with van der Waals surface area (Å²) in [6, 6.07) is 12.3. The molecule has 0 saturated heterocycles. The molecule has 0 atom stereocenters. The summed E-state index contributed by atoms with van der Waals surface area (Å²) in [5.74, 6) is 1.00. The first-order chi connectivity index (χ1) is 14.6. The molecule has 1 N–H and O–H groups in total. The Labute approximate surface area is 177 Å². The Hall–Kier alpha value is -3.65. The third-order valence-corrected chi connectivity index (χ3v) is 4.87. The Morgan fingerprint density at radius 1 is 1.17 bits per heavy atom. The second kappa shape index (κ2) is 8.38. The van der Waals surface area contributed by atoms with E-state index in [1.54, 1.807) is 42.5 Å². The van der Waals surface area contributed by atoms with Crippen molar-refractivity contribution in [1.82, 2.24) is 15.3 Å². The molecule has 9 heteroatoms. The molecule has 4 rings (SSSR count). The van der Waals surface area contributed by atoms with Crippen molar-refractivity contribution in [2.24, 2.45) is 5.16 Å². The number of amides is 1. The van der Waals surface area contributed by atoms with Crippen molar-refractivity contribution >= 4 is 23.2 Å². The number of benzene rings is 2. The summed E-state index contributed by atoms with van der Waals surface area (Å²) in [4.78, 5) is 26.1. The molecule has 0 unspecified atom stereocenters. The molecule has 0 spiro atoms. The lowest BCUT2D eigenvalue weighted by Gasteiger charge is -2.14. The molecular weight excluding hydrogens is 408 g/mol. The van der Waals surface area contributed by atoms with Crippen LogP contribution in [0, 0.1) is 6.92 Å². The minimum Gasteiger partial charge on any atom is -0.438 e. The maximum atomic E-state index is 12.8. The zero-order valence-electron chi connectivity index (χ0n) is 16.2. The minimum absolute atomic E-state index is 0.0562. The lowest BCUT2D eigenvalue weighted by molar-refractivity contribution is -0.115. The van der Waals surface area contributed by atoms with E-state index in [-0.39, 0.29) is 24.0 Å². The highest BCUT2D eigenvalue weighted by Gasteiger charge is 2.25. The molecule has 0 fully saturated rings. The van der Waals surface area contributed by atoms with Crippen molar-refractivity contribution < 1.29 is 19.1 Å². The normalized spacial score (nSPS) is 14.4. The van der Waals surface area contributed by atoms with E-state index in [0.29, 0.717) is 27.6 Å². The molecule has 1 amide bonds. The Morgan fingerprint density at radius 3 is 2.83 bits per heavy atom. The van der Waals surface area contributed by atoms with Gasteiger partial charge < -0.3 is 19.6 Å². The highest BCUT2D eigenvalue weighted by molar-refractivity contribution is 6.45. The second-order valence-electron chi connectivity index (χ2n) is 6.33. The molecule has 2 aromatic carbocycles. The van der Waals surface area contributed by atoms with E-state index in [4.69, 9.17) is 25.9 Å². The maximum absolute atomic E-state index is 12.8. The molecule has 30 heavy (non-hydrogen) atoms. The van der Waals surface area contributed by atoms with Crippen LogP contribution in [0.1, 0.15) is 16.7 Å². The van der Waals surface area contributed by atoms with E-state index in [2.05, 4.69) is 20.4 Å². The quantitative estimate of drug-likeness (QED) is 0.638. The van der Waals surface area contributed by atoms with E-state index in [9.17, 15) is 4.79 Å². The number of carbonyl (C=O) groups excluding carboxylic acids is 1. The molecule has 1 aliphatic heterocycles. The number of para-hydroxylation sites is 1. The molecule has 1 aliphatic rings. The Kier molecular flexibility index (Phi) is 5.49. The average molecular weight is 425 g/mol. The van der Waals surface area contributed by atoms with Gasteiger partial charge in [0, 0.05) is 10.6 Å². The third-order valence-electron chi connectivity index (χ3n) is 4.46. The molecular formula is C21H17ClN4O4. The van der Waals surface area contributed by atoms with Gasteiger partial charge in [0.25, 0.3) is 5.91 Å². The molecule has 1 aromatic heterocycles. The van der Waals surface area contributed by atoms with Crippen LogP contribution in [0.3, 0.4) is 0 Å². The molecule has 3 aromatic rings. The summed E-state index contributed by atoms with van der Waals surface area (Å²) in [7, 11) is 1.37. The first-order valence-electron chi connectivity index (χ1n) is 9.02. The Balaban J connectivity index is 1.80. The fraction of sp³-hybridized carbons (Fsp3) is 0.143. The number of hydrogen-bond acceptors (Lipinski definition) is 7. The van der Waals surface area contributed by atoms with Crippen LogP contribution in [0.5, 0.6) is 23.3 Å². The predicted octanol–water partition coefficient (Wildman–Crippen LogP) is 4.00.